The first-order valence-corrected chi connectivity index (χ1v) is 10.3. The number of para-hydroxylation sites is 2. The SMILES string of the molecule is COc1ccccc1NC(=O)CN1CCC(C(=O)N2CCSCC2)CC1. The molecular weight excluding hydrogens is 350 g/mol. The molecule has 2 aliphatic rings. The molecule has 2 amide bonds. The number of rotatable bonds is 5. The molecule has 1 aromatic rings. The van der Waals surface area contributed by atoms with E-state index in [2.05, 4.69) is 10.2 Å². The van der Waals surface area contributed by atoms with E-state index in [1.54, 1.807) is 7.11 Å². The normalized spacial score (nSPS) is 19.2. The first-order valence-electron chi connectivity index (χ1n) is 9.19. The maximum atomic E-state index is 12.6. The molecule has 2 aliphatic heterocycles. The quantitative estimate of drug-likeness (QED) is 0.850. The van der Waals surface area contributed by atoms with Gasteiger partial charge in [-0.2, -0.15) is 11.8 Å². The first-order chi connectivity index (χ1) is 12.7. The minimum Gasteiger partial charge on any atom is -0.495 e. The van der Waals surface area contributed by atoms with E-state index in [4.69, 9.17) is 4.74 Å². The van der Waals surface area contributed by atoms with Crippen LogP contribution in [0.3, 0.4) is 0 Å². The number of carbonyl (C=O) groups is 2. The van der Waals surface area contributed by atoms with Crippen LogP contribution in [0, 0.1) is 5.92 Å². The zero-order valence-corrected chi connectivity index (χ0v) is 16.1. The molecule has 0 saturated carbocycles. The summed E-state index contributed by atoms with van der Waals surface area (Å²) in [5, 5.41) is 2.91. The number of thioether (sulfide) groups is 1. The molecule has 2 heterocycles. The van der Waals surface area contributed by atoms with Gasteiger partial charge in [-0.3, -0.25) is 14.5 Å². The standard InChI is InChI=1S/C19H27N3O3S/c1-25-17-5-3-2-4-16(17)20-18(23)14-21-8-6-15(7-9-21)19(24)22-10-12-26-13-11-22/h2-5,15H,6-14H2,1H3,(H,20,23). The zero-order valence-electron chi connectivity index (χ0n) is 15.3. The molecule has 0 atom stereocenters. The van der Waals surface area contributed by atoms with Gasteiger partial charge >= 0.3 is 0 Å². The van der Waals surface area contributed by atoms with Crippen molar-refractivity contribution >= 4 is 29.3 Å². The van der Waals surface area contributed by atoms with Gasteiger partial charge in [0.1, 0.15) is 5.75 Å². The van der Waals surface area contributed by atoms with Gasteiger partial charge < -0.3 is 15.0 Å². The van der Waals surface area contributed by atoms with Crippen molar-refractivity contribution in [3.05, 3.63) is 24.3 Å². The van der Waals surface area contributed by atoms with E-state index in [0.717, 1.165) is 50.5 Å². The Morgan fingerprint density at radius 3 is 2.54 bits per heavy atom. The number of ether oxygens (including phenoxy) is 1. The summed E-state index contributed by atoms with van der Waals surface area (Å²) in [6.07, 6.45) is 1.68. The Hall–Kier alpha value is -1.73. The lowest BCUT2D eigenvalue weighted by Gasteiger charge is -2.35. The molecule has 3 rings (SSSR count). The van der Waals surface area contributed by atoms with Crippen molar-refractivity contribution < 1.29 is 14.3 Å². The van der Waals surface area contributed by atoms with Crippen LogP contribution in [0.1, 0.15) is 12.8 Å². The first kappa shape index (κ1) is 19.0. The van der Waals surface area contributed by atoms with Gasteiger partial charge in [-0.1, -0.05) is 12.1 Å². The van der Waals surface area contributed by atoms with Gasteiger partial charge in [0.15, 0.2) is 0 Å². The second-order valence-electron chi connectivity index (χ2n) is 6.74. The number of methoxy groups -OCH3 is 1. The molecule has 2 saturated heterocycles. The third kappa shape index (κ3) is 4.92. The van der Waals surface area contributed by atoms with Crippen LogP contribution in [0.25, 0.3) is 0 Å². The average Bonchev–Trinajstić information content (AvgIpc) is 2.69. The average molecular weight is 378 g/mol. The Kier molecular flexibility index (Phi) is 6.80. The third-order valence-corrected chi connectivity index (χ3v) is 5.95. The van der Waals surface area contributed by atoms with Crippen LogP contribution >= 0.6 is 11.8 Å². The molecule has 2 fully saturated rings. The number of likely N-dealkylation sites (tertiary alicyclic amines) is 1. The van der Waals surface area contributed by atoms with Gasteiger partial charge in [0, 0.05) is 30.5 Å². The lowest BCUT2D eigenvalue weighted by molar-refractivity contribution is -0.136. The van der Waals surface area contributed by atoms with Crippen LogP contribution in [0.15, 0.2) is 24.3 Å². The van der Waals surface area contributed by atoms with Crippen LogP contribution in [0.4, 0.5) is 5.69 Å². The van der Waals surface area contributed by atoms with Crippen molar-refractivity contribution in [3.8, 4) is 5.75 Å². The molecule has 26 heavy (non-hydrogen) atoms. The van der Waals surface area contributed by atoms with Crippen LogP contribution in [0.2, 0.25) is 0 Å². The van der Waals surface area contributed by atoms with Crippen molar-refractivity contribution in [2.75, 3.05) is 56.7 Å². The minimum atomic E-state index is -0.0488. The number of amides is 2. The molecule has 1 aromatic carbocycles. The molecule has 0 unspecified atom stereocenters. The van der Waals surface area contributed by atoms with Gasteiger partial charge in [-0.15, -0.1) is 0 Å². The summed E-state index contributed by atoms with van der Waals surface area (Å²) < 4.78 is 5.26. The predicted molar refractivity (Wildman–Crippen MR) is 105 cm³/mol. The van der Waals surface area contributed by atoms with Crippen LogP contribution in [-0.4, -0.2) is 73.0 Å². The highest BCUT2D eigenvalue weighted by Crippen LogP contribution is 2.24. The maximum absolute atomic E-state index is 12.6. The summed E-state index contributed by atoms with van der Waals surface area (Å²) >= 11 is 1.92. The number of hydrogen-bond donors (Lipinski definition) is 1. The molecule has 7 heteroatoms. The van der Waals surface area contributed by atoms with Crippen LogP contribution in [-0.2, 0) is 9.59 Å². The number of piperidine rings is 1. The van der Waals surface area contributed by atoms with Gasteiger partial charge in [0.05, 0.1) is 19.3 Å². The second-order valence-corrected chi connectivity index (χ2v) is 7.96. The number of hydrogen-bond acceptors (Lipinski definition) is 5. The summed E-state index contributed by atoms with van der Waals surface area (Å²) in [6.45, 7) is 3.69. The summed E-state index contributed by atoms with van der Waals surface area (Å²) in [4.78, 5) is 29.1. The number of benzene rings is 1. The Balaban J connectivity index is 1.44. The smallest absolute Gasteiger partial charge is 0.238 e. The van der Waals surface area contributed by atoms with E-state index in [1.165, 1.54) is 0 Å². The maximum Gasteiger partial charge on any atom is 0.238 e. The molecule has 0 radical (unpaired) electrons. The van der Waals surface area contributed by atoms with Gasteiger partial charge in [0.2, 0.25) is 11.8 Å². The van der Waals surface area contributed by atoms with E-state index in [-0.39, 0.29) is 11.8 Å². The zero-order chi connectivity index (χ0) is 18.4. The molecule has 1 N–H and O–H groups in total. The van der Waals surface area contributed by atoms with Crippen molar-refractivity contribution in [1.29, 1.82) is 0 Å². The minimum absolute atomic E-state index is 0.0488. The van der Waals surface area contributed by atoms with Crippen LogP contribution < -0.4 is 10.1 Å². The molecular formula is C19H27N3O3S. The van der Waals surface area contributed by atoms with Crippen LogP contribution in [0.5, 0.6) is 5.75 Å². The highest BCUT2D eigenvalue weighted by Gasteiger charge is 2.29. The highest BCUT2D eigenvalue weighted by atomic mass is 32.2. The highest BCUT2D eigenvalue weighted by molar-refractivity contribution is 7.99. The van der Waals surface area contributed by atoms with Crippen molar-refractivity contribution in [3.63, 3.8) is 0 Å². The fraction of sp³-hybridized carbons (Fsp3) is 0.579. The Labute approximate surface area is 159 Å². The van der Waals surface area contributed by atoms with E-state index >= 15 is 0 Å². The Morgan fingerprint density at radius 1 is 1.15 bits per heavy atom. The number of nitrogens with one attached hydrogen (secondary N) is 1. The lowest BCUT2D eigenvalue weighted by atomic mass is 9.95. The predicted octanol–water partition coefficient (Wildman–Crippen LogP) is 1.92. The Morgan fingerprint density at radius 2 is 1.85 bits per heavy atom. The largest absolute Gasteiger partial charge is 0.495 e. The molecule has 0 aromatic heterocycles. The van der Waals surface area contributed by atoms with Gasteiger partial charge in [0.25, 0.3) is 0 Å². The monoisotopic (exact) mass is 377 g/mol. The number of anilines is 1. The molecule has 142 valence electrons. The van der Waals surface area contributed by atoms with Crippen molar-refractivity contribution in [2.45, 2.75) is 12.8 Å². The molecule has 0 aliphatic carbocycles. The lowest BCUT2D eigenvalue weighted by Crippen LogP contribution is -2.46. The fourth-order valence-electron chi connectivity index (χ4n) is 3.52. The topological polar surface area (TPSA) is 61.9 Å². The fourth-order valence-corrected chi connectivity index (χ4v) is 4.42. The van der Waals surface area contributed by atoms with E-state index in [1.807, 2.05) is 40.9 Å². The van der Waals surface area contributed by atoms with Gasteiger partial charge in [-0.25, -0.2) is 0 Å². The molecule has 0 spiro atoms. The third-order valence-electron chi connectivity index (χ3n) is 5.01. The summed E-state index contributed by atoms with van der Waals surface area (Å²) in [7, 11) is 1.59. The molecule has 6 nitrogen and oxygen atoms in total. The summed E-state index contributed by atoms with van der Waals surface area (Å²) in [5.41, 5.74) is 0.688. The second kappa shape index (κ2) is 9.28. The van der Waals surface area contributed by atoms with Crippen molar-refractivity contribution in [1.82, 2.24) is 9.80 Å². The van der Waals surface area contributed by atoms with Crippen molar-refractivity contribution in [2.24, 2.45) is 5.92 Å². The van der Waals surface area contributed by atoms with E-state index in [9.17, 15) is 9.59 Å². The Bertz CT molecular complexity index is 626. The van der Waals surface area contributed by atoms with E-state index in [0.29, 0.717) is 23.9 Å². The molecule has 0 bridgehead atoms. The van der Waals surface area contributed by atoms with Gasteiger partial charge in [-0.05, 0) is 38.1 Å². The number of carbonyl (C=O) groups excluding carboxylic acids is 2. The van der Waals surface area contributed by atoms with E-state index < -0.39 is 0 Å². The summed E-state index contributed by atoms with van der Waals surface area (Å²) in [5.74, 6) is 3.13. The summed E-state index contributed by atoms with van der Waals surface area (Å²) in [6, 6.07) is 7.40. The number of nitrogens with zero attached hydrogens (tertiary/aromatic N) is 2.